The molecule has 0 saturated carbocycles. The number of rotatable bonds is 4. The van der Waals surface area contributed by atoms with Gasteiger partial charge in [0.15, 0.2) is 0 Å². The van der Waals surface area contributed by atoms with Gasteiger partial charge in [-0.2, -0.15) is 0 Å². The van der Waals surface area contributed by atoms with Crippen molar-refractivity contribution >= 4 is 63.4 Å². The molecule has 1 N–H and O–H groups in total. The fourth-order valence-electron chi connectivity index (χ4n) is 4.40. The summed E-state index contributed by atoms with van der Waals surface area (Å²) < 4.78 is 15.3. The molecule has 0 radical (unpaired) electrons. The van der Waals surface area contributed by atoms with E-state index in [1.807, 2.05) is 60.7 Å². The standard InChI is InChI=1S/C28H18FN3S/c29-33-32-18-6-12-22(17-16-20-9-3-8-19-7-1-2-13-23(19)20)28(32)31-27-24-14-4-10-21-11-5-15-25(30-27)26(21)24/h1-18H/p+1/b17-16+. The summed E-state index contributed by atoms with van der Waals surface area (Å²) >= 11 is 0.141. The predicted octanol–water partition coefficient (Wildman–Crippen LogP) is 7.34. The van der Waals surface area contributed by atoms with Gasteiger partial charge in [-0.25, -0.2) is 0 Å². The minimum Gasteiger partial charge on any atom is -0.318 e. The van der Waals surface area contributed by atoms with Crippen molar-refractivity contribution in [2.24, 2.45) is 4.99 Å². The molecule has 0 atom stereocenters. The summed E-state index contributed by atoms with van der Waals surface area (Å²) in [6.07, 6.45) is 5.74. The van der Waals surface area contributed by atoms with E-state index in [2.05, 4.69) is 47.8 Å². The van der Waals surface area contributed by atoms with E-state index in [-0.39, 0.29) is 12.3 Å². The van der Waals surface area contributed by atoms with Gasteiger partial charge in [0.25, 0.3) is 18.2 Å². The SMILES string of the molecule is FS[n+]1cccc(/C=C/c2cccc3ccccc23)c1/N=C1\Nc2cccc3cccc1c23. The van der Waals surface area contributed by atoms with Crippen molar-refractivity contribution in [1.29, 1.82) is 0 Å². The van der Waals surface area contributed by atoms with E-state index in [0.717, 1.165) is 39.0 Å². The summed E-state index contributed by atoms with van der Waals surface area (Å²) in [7, 11) is 0. The Morgan fingerprint density at radius 1 is 0.758 bits per heavy atom. The van der Waals surface area contributed by atoms with Gasteiger partial charge in [0.1, 0.15) is 6.20 Å². The first-order chi connectivity index (χ1) is 16.3. The molecule has 0 spiro atoms. The van der Waals surface area contributed by atoms with E-state index in [1.165, 1.54) is 14.7 Å². The Bertz CT molecular complexity index is 1580. The van der Waals surface area contributed by atoms with Crippen LogP contribution in [0.25, 0.3) is 33.7 Å². The van der Waals surface area contributed by atoms with Crippen molar-refractivity contribution in [3.63, 3.8) is 0 Å². The zero-order chi connectivity index (χ0) is 22.2. The summed E-state index contributed by atoms with van der Waals surface area (Å²) in [6.45, 7) is 0. The van der Waals surface area contributed by atoms with E-state index in [1.54, 1.807) is 6.20 Å². The molecule has 0 fully saturated rings. The van der Waals surface area contributed by atoms with Crippen LogP contribution in [0.5, 0.6) is 0 Å². The first kappa shape index (κ1) is 19.7. The molecule has 1 aliphatic heterocycles. The number of benzene rings is 4. The molecule has 5 aromatic rings. The fraction of sp³-hybridized carbons (Fsp3) is 0. The lowest BCUT2D eigenvalue weighted by atomic mass is 10.0. The molecule has 0 amide bonds. The number of aliphatic imine (C=N–C) groups is 1. The van der Waals surface area contributed by atoms with Crippen LogP contribution in [-0.4, -0.2) is 5.84 Å². The Balaban J connectivity index is 1.47. The third-order valence-corrected chi connectivity index (χ3v) is 6.38. The van der Waals surface area contributed by atoms with Crippen LogP contribution in [0, 0.1) is 0 Å². The maximum Gasteiger partial charge on any atom is 0.346 e. The highest BCUT2D eigenvalue weighted by Gasteiger charge is 2.26. The maximum atomic E-state index is 13.9. The Kier molecular flexibility index (Phi) is 4.89. The van der Waals surface area contributed by atoms with Crippen molar-refractivity contribution in [3.05, 3.63) is 114 Å². The van der Waals surface area contributed by atoms with E-state index >= 15 is 0 Å². The Morgan fingerprint density at radius 3 is 2.39 bits per heavy atom. The number of fused-ring (bicyclic) bond motifs is 1. The molecule has 0 unspecified atom stereocenters. The van der Waals surface area contributed by atoms with Crippen LogP contribution < -0.4 is 9.29 Å². The molecular weight excluding hydrogens is 429 g/mol. The van der Waals surface area contributed by atoms with E-state index in [0.29, 0.717) is 5.82 Å². The molecule has 0 aliphatic carbocycles. The third kappa shape index (κ3) is 3.47. The van der Waals surface area contributed by atoms with E-state index in [9.17, 15) is 3.89 Å². The number of hydrogen-bond acceptors (Lipinski definition) is 2. The van der Waals surface area contributed by atoms with Crippen molar-refractivity contribution in [2.45, 2.75) is 0 Å². The number of pyridine rings is 1. The average molecular weight is 449 g/mol. The Morgan fingerprint density at radius 2 is 1.48 bits per heavy atom. The molecule has 4 aromatic carbocycles. The lowest BCUT2D eigenvalue weighted by Crippen LogP contribution is -2.24. The second kappa shape index (κ2) is 8.19. The molecule has 5 heteroatoms. The maximum absolute atomic E-state index is 13.9. The highest BCUT2D eigenvalue weighted by Crippen LogP contribution is 2.34. The second-order valence-corrected chi connectivity index (χ2v) is 8.41. The van der Waals surface area contributed by atoms with Gasteiger partial charge >= 0.3 is 5.82 Å². The normalized spacial score (nSPS) is 13.9. The fourth-order valence-corrected chi connectivity index (χ4v) is 4.73. The van der Waals surface area contributed by atoms with Crippen molar-refractivity contribution in [1.82, 2.24) is 0 Å². The lowest BCUT2D eigenvalue weighted by molar-refractivity contribution is -0.483. The first-order valence-electron chi connectivity index (χ1n) is 10.7. The summed E-state index contributed by atoms with van der Waals surface area (Å²) in [5.74, 6) is 1.25. The average Bonchev–Trinajstić information content (AvgIpc) is 3.22. The van der Waals surface area contributed by atoms with Gasteiger partial charge in [0.2, 0.25) is 0 Å². The van der Waals surface area contributed by atoms with Crippen LogP contribution in [-0.2, 0) is 0 Å². The minimum atomic E-state index is 0.141. The van der Waals surface area contributed by atoms with Crippen LogP contribution in [0.1, 0.15) is 16.7 Å². The number of nitrogens with zero attached hydrogens (tertiary/aromatic N) is 2. The number of halogens is 1. The van der Waals surface area contributed by atoms with Gasteiger partial charge in [-0.05, 0) is 57.1 Å². The van der Waals surface area contributed by atoms with Gasteiger partial charge in [0, 0.05) is 5.39 Å². The quantitative estimate of drug-likeness (QED) is 0.291. The molecule has 0 saturated heterocycles. The van der Waals surface area contributed by atoms with Gasteiger partial charge in [0.05, 0.1) is 16.8 Å². The molecule has 158 valence electrons. The van der Waals surface area contributed by atoms with E-state index in [4.69, 9.17) is 4.99 Å². The monoisotopic (exact) mass is 448 g/mol. The minimum absolute atomic E-state index is 0.141. The van der Waals surface area contributed by atoms with Crippen molar-refractivity contribution in [3.8, 4) is 0 Å². The molecule has 1 aliphatic rings. The molecule has 6 rings (SSSR count). The molecule has 0 bridgehead atoms. The largest absolute Gasteiger partial charge is 0.346 e. The predicted molar refractivity (Wildman–Crippen MR) is 137 cm³/mol. The number of hydrogen-bond donors (Lipinski definition) is 1. The molecule has 2 heterocycles. The second-order valence-electron chi connectivity index (χ2n) is 7.88. The smallest absolute Gasteiger partial charge is 0.318 e. The third-order valence-electron chi connectivity index (χ3n) is 5.93. The first-order valence-corrected chi connectivity index (χ1v) is 11.4. The zero-order valence-corrected chi connectivity index (χ0v) is 18.4. The molecule has 3 nitrogen and oxygen atoms in total. The molecule has 33 heavy (non-hydrogen) atoms. The van der Waals surface area contributed by atoms with Crippen molar-refractivity contribution < 1.29 is 7.86 Å². The number of anilines is 1. The Labute approximate surface area is 195 Å². The van der Waals surface area contributed by atoms with Gasteiger partial charge in [-0.15, -0.1) is 7.86 Å². The van der Waals surface area contributed by atoms with Crippen LogP contribution in [0.2, 0.25) is 0 Å². The zero-order valence-electron chi connectivity index (χ0n) is 17.6. The van der Waals surface area contributed by atoms with Gasteiger partial charge in [-0.3, -0.25) is 0 Å². The van der Waals surface area contributed by atoms with Crippen molar-refractivity contribution in [2.75, 3.05) is 5.32 Å². The summed E-state index contributed by atoms with van der Waals surface area (Å²) in [6, 6.07) is 30.6. The van der Waals surface area contributed by atoms with Gasteiger partial charge in [-0.1, -0.05) is 72.8 Å². The highest BCUT2D eigenvalue weighted by atomic mass is 32.2. The topological polar surface area (TPSA) is 28.3 Å². The number of nitrogens with one attached hydrogen (secondary N) is 1. The summed E-state index contributed by atoms with van der Waals surface area (Å²) in [5.41, 5.74) is 3.97. The molecular formula is C28H19FN3S+. The van der Waals surface area contributed by atoms with E-state index < -0.39 is 0 Å². The lowest BCUT2D eigenvalue weighted by Gasteiger charge is -2.03. The Hall–Kier alpha value is -3.96. The summed E-state index contributed by atoms with van der Waals surface area (Å²) in [4.78, 5) is 4.90. The number of amidine groups is 1. The molecule has 1 aromatic heterocycles. The van der Waals surface area contributed by atoms with Crippen LogP contribution in [0.15, 0.2) is 102 Å². The highest BCUT2D eigenvalue weighted by molar-refractivity contribution is 7.87. The van der Waals surface area contributed by atoms with Gasteiger partial charge < -0.3 is 5.32 Å². The van der Waals surface area contributed by atoms with Crippen LogP contribution in [0.3, 0.4) is 0 Å². The van der Waals surface area contributed by atoms with Crippen LogP contribution in [0.4, 0.5) is 15.4 Å². The number of aromatic nitrogens is 1. The van der Waals surface area contributed by atoms with Crippen LogP contribution >= 0.6 is 12.3 Å². The summed E-state index contributed by atoms with van der Waals surface area (Å²) in [5, 5.41) is 8.06.